The number of carbonyl (C=O) groups is 1. The van der Waals surface area contributed by atoms with Crippen molar-refractivity contribution in [1.29, 1.82) is 0 Å². The van der Waals surface area contributed by atoms with Crippen LogP contribution in [0, 0.1) is 0 Å². The maximum atomic E-state index is 12.8. The molecule has 260 valence electrons. The topological polar surface area (TPSA) is 157 Å². The van der Waals surface area contributed by atoms with E-state index in [-0.39, 0.29) is 5.56 Å². The third kappa shape index (κ3) is 9.32. The van der Waals surface area contributed by atoms with Crippen molar-refractivity contribution in [1.82, 2.24) is 0 Å². The van der Waals surface area contributed by atoms with E-state index in [1.807, 2.05) is 97.9 Å². The standard InChI is InChI=1S/C30H28N2O6.C9H14N2O/c1-35-27-16-21(9-8-20(27)7-4-19-5-11-23(32-34)12-6-19)25-15-13-24(18-29(25)37-3)38-30(33)26-14-10-22(31)17-28(26)36-2;1-11(2)7-4-5-8(10)9(6-7)12-3/h4-18,32,34H,31H2,1-3H3;4-6H,10H2,1-3H3/p+2/b7-4+;. The van der Waals surface area contributed by atoms with Gasteiger partial charge in [0.1, 0.15) is 28.6 Å². The zero-order valence-electron chi connectivity index (χ0n) is 29.1. The summed E-state index contributed by atoms with van der Waals surface area (Å²) >= 11 is 0. The molecule has 0 aliphatic rings. The van der Waals surface area contributed by atoms with Gasteiger partial charge in [-0.25, -0.2) is 10.0 Å². The molecule has 0 unspecified atom stereocenters. The minimum absolute atomic E-state index is 0.265. The zero-order chi connectivity index (χ0) is 36.2. The van der Waals surface area contributed by atoms with Crippen LogP contribution in [-0.2, 0) is 0 Å². The Bertz CT molecular complexity index is 1940. The predicted octanol–water partition coefficient (Wildman–Crippen LogP) is 5.57. The average Bonchev–Trinajstić information content (AvgIpc) is 3.14. The molecule has 8 N–H and O–H groups in total. The van der Waals surface area contributed by atoms with Gasteiger partial charge in [-0.2, -0.15) is 5.48 Å². The second-order valence-corrected chi connectivity index (χ2v) is 11.2. The Morgan fingerprint density at radius 3 is 2.08 bits per heavy atom. The number of hydrogen-bond donors (Lipinski definition) is 4. The van der Waals surface area contributed by atoms with Gasteiger partial charge in [0.25, 0.3) is 0 Å². The van der Waals surface area contributed by atoms with Crippen LogP contribution in [0.5, 0.6) is 28.7 Å². The van der Waals surface area contributed by atoms with Crippen molar-refractivity contribution in [2.75, 3.05) is 53.2 Å². The minimum Gasteiger partial charge on any atom is -0.496 e. The van der Waals surface area contributed by atoms with Gasteiger partial charge in [0.05, 0.1) is 28.4 Å². The monoisotopic (exact) mass is 680 g/mol. The summed E-state index contributed by atoms with van der Waals surface area (Å²) in [7, 11) is 10.3. The Labute approximate surface area is 292 Å². The molecule has 0 fully saturated rings. The number of nitrogen functional groups attached to an aromatic ring is 1. The number of nitrogens with two attached hydrogens (primary N) is 2. The Hall–Kier alpha value is -6.01. The normalized spacial score (nSPS) is 10.6. The molecular formula is C39H44N4O7+2. The van der Waals surface area contributed by atoms with E-state index in [4.69, 9.17) is 34.6 Å². The fraction of sp³-hybridized carbons (Fsp3) is 0.154. The molecule has 0 aliphatic heterocycles. The lowest BCUT2D eigenvalue weighted by molar-refractivity contribution is -0.825. The maximum Gasteiger partial charge on any atom is 0.347 e. The molecule has 0 bridgehead atoms. The third-order valence-electron chi connectivity index (χ3n) is 7.70. The Morgan fingerprint density at radius 2 is 1.44 bits per heavy atom. The third-order valence-corrected chi connectivity index (χ3v) is 7.70. The van der Waals surface area contributed by atoms with Gasteiger partial charge in [0.2, 0.25) is 0 Å². The molecule has 0 saturated heterocycles. The summed E-state index contributed by atoms with van der Waals surface area (Å²) in [6.07, 6.45) is 3.93. The van der Waals surface area contributed by atoms with Crippen molar-refractivity contribution in [3.05, 3.63) is 114 Å². The lowest BCUT2D eigenvalue weighted by Gasteiger charge is -2.14. The van der Waals surface area contributed by atoms with Crippen molar-refractivity contribution in [3.63, 3.8) is 0 Å². The zero-order valence-corrected chi connectivity index (χ0v) is 29.1. The summed E-state index contributed by atoms with van der Waals surface area (Å²) < 4.78 is 27.2. The van der Waals surface area contributed by atoms with Crippen LogP contribution in [-0.4, -0.2) is 53.7 Å². The lowest BCUT2D eigenvalue weighted by Crippen LogP contribution is -2.73. The van der Waals surface area contributed by atoms with Gasteiger partial charge in [-0.1, -0.05) is 24.3 Å². The lowest BCUT2D eigenvalue weighted by atomic mass is 10.0. The van der Waals surface area contributed by atoms with E-state index in [1.54, 1.807) is 51.7 Å². The Morgan fingerprint density at radius 1 is 0.740 bits per heavy atom. The highest BCUT2D eigenvalue weighted by Gasteiger charge is 2.17. The molecule has 0 aromatic heterocycles. The highest BCUT2D eigenvalue weighted by Crippen LogP contribution is 2.37. The van der Waals surface area contributed by atoms with Crippen LogP contribution in [0.4, 0.5) is 22.7 Å². The molecule has 5 aromatic carbocycles. The number of nitrogens with zero attached hydrogens (tertiary/aromatic N) is 1. The van der Waals surface area contributed by atoms with E-state index >= 15 is 0 Å². The van der Waals surface area contributed by atoms with E-state index in [1.165, 1.54) is 7.11 Å². The smallest absolute Gasteiger partial charge is 0.347 e. The number of methoxy groups -OCH3 is 4. The molecular weight excluding hydrogens is 636 g/mol. The van der Waals surface area contributed by atoms with Gasteiger partial charge < -0.3 is 40.1 Å². The number of ether oxygens (including phenoxy) is 5. The quantitative estimate of drug-likeness (QED) is 0.0460. The van der Waals surface area contributed by atoms with E-state index in [9.17, 15) is 4.79 Å². The predicted molar refractivity (Wildman–Crippen MR) is 196 cm³/mol. The highest BCUT2D eigenvalue weighted by atomic mass is 16.5. The van der Waals surface area contributed by atoms with Crippen molar-refractivity contribution in [3.8, 4) is 39.9 Å². The van der Waals surface area contributed by atoms with E-state index in [2.05, 4.69) is 5.73 Å². The summed E-state index contributed by atoms with van der Waals surface area (Å²) in [5.74, 6) is 2.14. The molecule has 0 radical (unpaired) electrons. The molecule has 11 nitrogen and oxygen atoms in total. The fourth-order valence-electron chi connectivity index (χ4n) is 4.92. The van der Waals surface area contributed by atoms with Gasteiger partial charge in [-0.3, -0.25) is 0 Å². The summed E-state index contributed by atoms with van der Waals surface area (Å²) in [6.45, 7) is 0. The molecule has 0 amide bonds. The fourth-order valence-corrected chi connectivity index (χ4v) is 4.92. The maximum absolute atomic E-state index is 12.8. The van der Waals surface area contributed by atoms with Crippen molar-refractivity contribution >= 4 is 40.9 Å². The van der Waals surface area contributed by atoms with Crippen LogP contribution >= 0.6 is 0 Å². The van der Waals surface area contributed by atoms with Crippen molar-refractivity contribution in [2.24, 2.45) is 0 Å². The number of quaternary nitrogens is 2. The van der Waals surface area contributed by atoms with Gasteiger partial charge >= 0.3 is 5.97 Å². The highest BCUT2D eigenvalue weighted by molar-refractivity contribution is 5.94. The second-order valence-electron chi connectivity index (χ2n) is 11.2. The molecule has 5 rings (SSSR count). The largest absolute Gasteiger partial charge is 0.496 e. The molecule has 0 saturated carbocycles. The molecule has 5 aromatic rings. The number of esters is 1. The first-order valence-electron chi connectivity index (χ1n) is 15.6. The second kappa shape index (κ2) is 17.4. The van der Waals surface area contributed by atoms with Crippen LogP contribution in [0.2, 0.25) is 0 Å². The number of benzene rings is 5. The number of anilines is 2. The van der Waals surface area contributed by atoms with Crippen LogP contribution in [0.3, 0.4) is 0 Å². The van der Waals surface area contributed by atoms with Gasteiger partial charge in [0, 0.05) is 73.0 Å². The van der Waals surface area contributed by atoms with Crippen LogP contribution in [0.25, 0.3) is 23.3 Å². The van der Waals surface area contributed by atoms with Gasteiger partial charge in [-0.05, 0) is 59.7 Å². The van der Waals surface area contributed by atoms with E-state index in [0.717, 1.165) is 50.5 Å². The minimum atomic E-state index is -0.571. The SMILES string of the molecule is COc1cc(-c2ccc(OC(=O)c3ccc(N)cc3OC)cc2OC)ccc1/C=C/c1ccc([NH2+]O)cc1.COc1cc(N(C)C)ccc1[NH3+]. The van der Waals surface area contributed by atoms with Gasteiger partial charge in [-0.15, -0.1) is 0 Å². The summed E-state index contributed by atoms with van der Waals surface area (Å²) in [5, 5.41) is 9.09. The average molecular weight is 681 g/mol. The summed E-state index contributed by atoms with van der Waals surface area (Å²) in [5.41, 5.74) is 17.8. The number of carbonyl (C=O) groups excluding carboxylic acids is 1. The van der Waals surface area contributed by atoms with E-state index < -0.39 is 5.97 Å². The molecule has 50 heavy (non-hydrogen) atoms. The van der Waals surface area contributed by atoms with Crippen LogP contribution in [0.15, 0.2) is 97.1 Å². The van der Waals surface area contributed by atoms with Crippen LogP contribution < -0.4 is 45.5 Å². The first-order chi connectivity index (χ1) is 24.1. The van der Waals surface area contributed by atoms with E-state index in [0.29, 0.717) is 28.7 Å². The molecule has 0 spiro atoms. The molecule has 0 aliphatic carbocycles. The Balaban J connectivity index is 0.000000396. The van der Waals surface area contributed by atoms with Crippen LogP contribution in [0.1, 0.15) is 21.5 Å². The molecule has 0 heterocycles. The first kappa shape index (κ1) is 36.8. The number of hydrogen-bond acceptors (Lipinski definition) is 9. The van der Waals surface area contributed by atoms with Crippen molar-refractivity contribution in [2.45, 2.75) is 0 Å². The summed E-state index contributed by atoms with van der Waals surface area (Å²) in [6, 6.07) is 29.2. The summed E-state index contributed by atoms with van der Waals surface area (Å²) in [4.78, 5) is 14.8. The van der Waals surface area contributed by atoms with Crippen molar-refractivity contribution < 1.29 is 44.9 Å². The number of rotatable bonds is 11. The molecule has 11 heteroatoms. The molecule has 0 atom stereocenters. The van der Waals surface area contributed by atoms with Gasteiger partial charge in [0.15, 0.2) is 17.1 Å². The first-order valence-corrected chi connectivity index (χ1v) is 15.6. The Kier molecular flexibility index (Phi) is 12.8.